The quantitative estimate of drug-likeness (QED) is 0.920. The maximum atomic E-state index is 10.5. The van der Waals surface area contributed by atoms with Crippen molar-refractivity contribution in [3.05, 3.63) is 63.1 Å². The molecule has 0 aliphatic heterocycles. The number of benzene rings is 2. The first-order valence-electron chi connectivity index (χ1n) is 6.11. The van der Waals surface area contributed by atoms with Crippen molar-refractivity contribution in [3.8, 4) is 5.75 Å². The average Bonchev–Trinajstić information content (AvgIpc) is 2.38. The fraction of sp³-hybridized carbons (Fsp3) is 0.250. The molecule has 2 rings (SSSR count). The van der Waals surface area contributed by atoms with Crippen molar-refractivity contribution < 1.29 is 9.84 Å². The molecule has 0 spiro atoms. The van der Waals surface area contributed by atoms with Crippen molar-refractivity contribution in [2.75, 3.05) is 7.11 Å². The minimum absolute atomic E-state index is 0.639. The molecule has 0 radical (unpaired) electrons. The van der Waals surface area contributed by atoms with Crippen molar-refractivity contribution in [1.82, 2.24) is 0 Å². The molecule has 1 N–H and O–H groups in total. The predicted octanol–water partition coefficient (Wildman–Crippen LogP) is 4.16. The van der Waals surface area contributed by atoms with Crippen LogP contribution in [0, 0.1) is 13.8 Å². The molecule has 0 aliphatic carbocycles. The summed E-state index contributed by atoms with van der Waals surface area (Å²) < 4.78 is 6.16. The van der Waals surface area contributed by atoms with Crippen LogP contribution < -0.4 is 4.74 Å². The number of rotatable bonds is 3. The normalized spacial score (nSPS) is 12.3. The molecule has 19 heavy (non-hydrogen) atoms. The second-order valence-electron chi connectivity index (χ2n) is 4.66. The van der Waals surface area contributed by atoms with Gasteiger partial charge in [0, 0.05) is 4.47 Å². The van der Waals surface area contributed by atoms with Gasteiger partial charge < -0.3 is 9.84 Å². The lowest BCUT2D eigenvalue weighted by Gasteiger charge is -2.15. The van der Waals surface area contributed by atoms with Gasteiger partial charge in [-0.2, -0.15) is 0 Å². The molecule has 1 unspecified atom stereocenters. The smallest absolute Gasteiger partial charge is 0.121 e. The lowest BCUT2D eigenvalue weighted by atomic mass is 9.99. The number of aliphatic hydroxyl groups is 1. The number of hydrogen-bond acceptors (Lipinski definition) is 2. The van der Waals surface area contributed by atoms with E-state index in [1.54, 1.807) is 7.11 Å². The zero-order chi connectivity index (χ0) is 14.0. The Balaban J connectivity index is 2.38. The van der Waals surface area contributed by atoms with Crippen LogP contribution in [-0.4, -0.2) is 12.2 Å². The number of hydrogen-bond donors (Lipinski definition) is 1. The Bertz CT molecular complexity index is 593. The highest BCUT2D eigenvalue weighted by atomic mass is 79.9. The molecule has 0 fully saturated rings. The predicted molar refractivity (Wildman–Crippen MR) is 80.7 cm³/mol. The summed E-state index contributed by atoms with van der Waals surface area (Å²) >= 11 is 3.51. The Hall–Kier alpha value is -1.32. The molecule has 0 bridgehead atoms. The molecule has 2 aromatic carbocycles. The van der Waals surface area contributed by atoms with Crippen LogP contribution in [0.4, 0.5) is 0 Å². The van der Waals surface area contributed by atoms with Gasteiger partial charge >= 0.3 is 0 Å². The van der Waals surface area contributed by atoms with Crippen molar-refractivity contribution in [2.24, 2.45) is 0 Å². The Morgan fingerprint density at radius 3 is 2.42 bits per heavy atom. The van der Waals surface area contributed by atoms with Gasteiger partial charge in [0.2, 0.25) is 0 Å². The van der Waals surface area contributed by atoms with Gasteiger partial charge in [0.05, 0.1) is 7.11 Å². The SMILES string of the molecule is COc1ccc(C(O)c2ccc(C)cc2Br)cc1C. The van der Waals surface area contributed by atoms with Gasteiger partial charge in [0.25, 0.3) is 0 Å². The zero-order valence-corrected chi connectivity index (χ0v) is 12.9. The summed E-state index contributed by atoms with van der Waals surface area (Å²) in [6.07, 6.45) is -0.639. The molecule has 0 amide bonds. The molecule has 2 nitrogen and oxygen atoms in total. The third-order valence-corrected chi connectivity index (χ3v) is 3.87. The molecule has 3 heteroatoms. The van der Waals surface area contributed by atoms with Gasteiger partial charge in [-0.25, -0.2) is 0 Å². The van der Waals surface area contributed by atoms with Gasteiger partial charge in [-0.15, -0.1) is 0 Å². The summed E-state index contributed by atoms with van der Waals surface area (Å²) in [6, 6.07) is 11.7. The van der Waals surface area contributed by atoms with E-state index in [0.29, 0.717) is 0 Å². The maximum absolute atomic E-state index is 10.5. The van der Waals surface area contributed by atoms with E-state index in [1.165, 1.54) is 0 Å². The molecule has 0 heterocycles. The highest BCUT2D eigenvalue weighted by molar-refractivity contribution is 9.10. The fourth-order valence-corrected chi connectivity index (χ4v) is 2.82. The lowest BCUT2D eigenvalue weighted by Crippen LogP contribution is -2.02. The molecule has 0 saturated heterocycles. The van der Waals surface area contributed by atoms with Gasteiger partial charge in [-0.1, -0.05) is 34.1 Å². The van der Waals surface area contributed by atoms with E-state index in [9.17, 15) is 5.11 Å². The summed E-state index contributed by atoms with van der Waals surface area (Å²) in [5.74, 6) is 0.832. The van der Waals surface area contributed by atoms with E-state index in [4.69, 9.17) is 4.74 Å². The van der Waals surface area contributed by atoms with Gasteiger partial charge in [-0.3, -0.25) is 0 Å². The highest BCUT2D eigenvalue weighted by Crippen LogP contribution is 2.31. The first kappa shape index (κ1) is 14.1. The second-order valence-corrected chi connectivity index (χ2v) is 5.51. The van der Waals surface area contributed by atoms with E-state index >= 15 is 0 Å². The number of halogens is 1. The largest absolute Gasteiger partial charge is 0.496 e. The fourth-order valence-electron chi connectivity index (χ4n) is 2.11. The van der Waals surface area contributed by atoms with E-state index < -0.39 is 6.10 Å². The van der Waals surface area contributed by atoms with Crippen molar-refractivity contribution in [3.63, 3.8) is 0 Å². The summed E-state index contributed by atoms with van der Waals surface area (Å²) in [5.41, 5.74) is 3.91. The van der Waals surface area contributed by atoms with Crippen LogP contribution in [0.25, 0.3) is 0 Å². The average molecular weight is 321 g/mol. The van der Waals surface area contributed by atoms with Gasteiger partial charge in [-0.05, 0) is 54.3 Å². The second kappa shape index (κ2) is 5.76. The number of ether oxygens (including phenoxy) is 1. The van der Waals surface area contributed by atoms with Gasteiger partial charge in [0.1, 0.15) is 11.9 Å². The van der Waals surface area contributed by atoms with E-state index in [-0.39, 0.29) is 0 Å². The Kier molecular flexibility index (Phi) is 4.27. The maximum Gasteiger partial charge on any atom is 0.121 e. The molecule has 1 atom stereocenters. The Morgan fingerprint density at radius 2 is 1.84 bits per heavy atom. The highest BCUT2D eigenvalue weighted by Gasteiger charge is 2.14. The van der Waals surface area contributed by atoms with Crippen molar-refractivity contribution in [1.29, 1.82) is 0 Å². The number of methoxy groups -OCH3 is 1. The van der Waals surface area contributed by atoms with Crippen molar-refractivity contribution in [2.45, 2.75) is 20.0 Å². The molecular weight excluding hydrogens is 304 g/mol. The van der Waals surface area contributed by atoms with Crippen LogP contribution in [0.2, 0.25) is 0 Å². The molecule has 0 saturated carbocycles. The van der Waals surface area contributed by atoms with Crippen LogP contribution in [0.1, 0.15) is 28.4 Å². The zero-order valence-electron chi connectivity index (χ0n) is 11.3. The molecule has 0 aromatic heterocycles. The van der Waals surface area contributed by atoms with Crippen LogP contribution in [-0.2, 0) is 0 Å². The standard InChI is InChI=1S/C16H17BrO2/c1-10-4-6-13(14(17)8-10)16(18)12-5-7-15(19-3)11(2)9-12/h4-9,16,18H,1-3H3. The van der Waals surface area contributed by atoms with Crippen molar-refractivity contribution >= 4 is 15.9 Å². The number of aryl methyl sites for hydroxylation is 2. The third-order valence-electron chi connectivity index (χ3n) is 3.19. The van der Waals surface area contributed by atoms with E-state index in [2.05, 4.69) is 15.9 Å². The Morgan fingerprint density at radius 1 is 1.11 bits per heavy atom. The Labute approximate surface area is 122 Å². The van der Waals surface area contributed by atoms with Crippen LogP contribution in [0.3, 0.4) is 0 Å². The minimum atomic E-state index is -0.639. The first-order valence-corrected chi connectivity index (χ1v) is 6.91. The topological polar surface area (TPSA) is 29.5 Å². The van der Waals surface area contributed by atoms with Crippen LogP contribution in [0.5, 0.6) is 5.75 Å². The van der Waals surface area contributed by atoms with Crippen LogP contribution in [0.15, 0.2) is 40.9 Å². The first-order chi connectivity index (χ1) is 9.02. The number of aliphatic hydroxyl groups excluding tert-OH is 1. The van der Waals surface area contributed by atoms with E-state index in [0.717, 1.165) is 32.5 Å². The van der Waals surface area contributed by atoms with E-state index in [1.807, 2.05) is 50.2 Å². The molecule has 2 aromatic rings. The summed E-state index contributed by atoms with van der Waals surface area (Å²) in [4.78, 5) is 0. The molecule has 0 aliphatic rings. The third kappa shape index (κ3) is 2.99. The van der Waals surface area contributed by atoms with Gasteiger partial charge in [0.15, 0.2) is 0 Å². The molecule has 100 valence electrons. The summed E-state index contributed by atoms with van der Waals surface area (Å²) in [6.45, 7) is 4.00. The van der Waals surface area contributed by atoms with Crippen LogP contribution >= 0.6 is 15.9 Å². The summed E-state index contributed by atoms with van der Waals surface area (Å²) in [7, 11) is 1.65. The minimum Gasteiger partial charge on any atom is -0.496 e. The lowest BCUT2D eigenvalue weighted by molar-refractivity contribution is 0.219. The monoisotopic (exact) mass is 320 g/mol. The summed E-state index contributed by atoms with van der Waals surface area (Å²) in [5, 5.41) is 10.5. The molecular formula is C16H17BrO2.